The first-order valence-corrected chi connectivity index (χ1v) is 7.75. The van der Waals surface area contributed by atoms with Gasteiger partial charge in [0.2, 0.25) is 5.91 Å². The van der Waals surface area contributed by atoms with E-state index in [4.69, 9.17) is 16.3 Å². The molecule has 1 aromatic rings. The van der Waals surface area contributed by atoms with Crippen molar-refractivity contribution in [1.29, 1.82) is 0 Å². The first-order valence-electron chi connectivity index (χ1n) is 7.37. The van der Waals surface area contributed by atoms with E-state index in [0.29, 0.717) is 24.5 Å². The molecular weight excluding hydrogens is 288 g/mol. The van der Waals surface area contributed by atoms with Crippen molar-refractivity contribution in [3.63, 3.8) is 0 Å². The summed E-state index contributed by atoms with van der Waals surface area (Å²) in [4.78, 5) is 13.1. The zero-order valence-electron chi connectivity index (χ0n) is 13.1. The molecule has 0 bridgehead atoms. The molecule has 0 saturated carbocycles. The summed E-state index contributed by atoms with van der Waals surface area (Å²) in [5.41, 5.74) is 1.05. The van der Waals surface area contributed by atoms with E-state index in [9.17, 15) is 4.79 Å². The minimum absolute atomic E-state index is 0.114. The molecule has 1 amide bonds. The van der Waals surface area contributed by atoms with E-state index in [0.717, 1.165) is 30.8 Å². The van der Waals surface area contributed by atoms with Crippen molar-refractivity contribution in [3.8, 4) is 5.75 Å². The van der Waals surface area contributed by atoms with Gasteiger partial charge in [-0.25, -0.2) is 0 Å². The van der Waals surface area contributed by atoms with Gasteiger partial charge in [0.25, 0.3) is 0 Å². The van der Waals surface area contributed by atoms with Gasteiger partial charge in [0, 0.05) is 32.6 Å². The van der Waals surface area contributed by atoms with Gasteiger partial charge in [0.1, 0.15) is 5.75 Å². The number of carbonyl (C=O) groups is 1. The van der Waals surface area contributed by atoms with E-state index in [1.165, 1.54) is 0 Å². The SMILES string of the molecule is CCCNCc1cccc(Cl)c1OCCCC(=O)N(C)C. The van der Waals surface area contributed by atoms with E-state index in [-0.39, 0.29) is 5.91 Å². The highest BCUT2D eigenvalue weighted by Gasteiger charge is 2.09. The summed E-state index contributed by atoms with van der Waals surface area (Å²) in [6, 6.07) is 5.76. The van der Waals surface area contributed by atoms with Gasteiger partial charge in [-0.3, -0.25) is 4.79 Å². The Morgan fingerprint density at radius 3 is 2.81 bits per heavy atom. The van der Waals surface area contributed by atoms with Crippen LogP contribution in [-0.2, 0) is 11.3 Å². The monoisotopic (exact) mass is 312 g/mol. The third-order valence-electron chi connectivity index (χ3n) is 3.07. The predicted octanol–water partition coefficient (Wildman–Crippen LogP) is 3.09. The number of benzene rings is 1. The van der Waals surface area contributed by atoms with Crippen molar-refractivity contribution in [2.45, 2.75) is 32.7 Å². The van der Waals surface area contributed by atoms with Gasteiger partial charge in [0.05, 0.1) is 11.6 Å². The third kappa shape index (κ3) is 6.36. The Balaban J connectivity index is 2.51. The van der Waals surface area contributed by atoms with Crippen LogP contribution in [-0.4, -0.2) is 38.1 Å². The van der Waals surface area contributed by atoms with Crippen LogP contribution in [0.3, 0.4) is 0 Å². The van der Waals surface area contributed by atoms with Gasteiger partial charge < -0.3 is 15.0 Å². The summed E-state index contributed by atoms with van der Waals surface area (Å²) < 4.78 is 5.79. The van der Waals surface area contributed by atoms with Gasteiger partial charge in [-0.2, -0.15) is 0 Å². The summed E-state index contributed by atoms with van der Waals surface area (Å²) in [6.45, 7) is 4.32. The van der Waals surface area contributed by atoms with Crippen LogP contribution in [0.1, 0.15) is 31.7 Å². The molecule has 1 aromatic carbocycles. The van der Waals surface area contributed by atoms with Crippen molar-refractivity contribution < 1.29 is 9.53 Å². The molecule has 0 aromatic heterocycles. The number of halogens is 1. The lowest BCUT2D eigenvalue weighted by atomic mass is 10.2. The summed E-state index contributed by atoms with van der Waals surface area (Å²) in [6.07, 6.45) is 2.26. The molecule has 0 aliphatic rings. The number of nitrogens with one attached hydrogen (secondary N) is 1. The Morgan fingerprint density at radius 1 is 1.38 bits per heavy atom. The number of hydrogen-bond donors (Lipinski definition) is 1. The maximum absolute atomic E-state index is 11.5. The molecule has 5 heteroatoms. The highest BCUT2D eigenvalue weighted by atomic mass is 35.5. The summed E-state index contributed by atoms with van der Waals surface area (Å²) in [7, 11) is 3.52. The summed E-state index contributed by atoms with van der Waals surface area (Å²) >= 11 is 6.21. The topological polar surface area (TPSA) is 41.6 Å². The number of amides is 1. The van der Waals surface area contributed by atoms with Gasteiger partial charge >= 0.3 is 0 Å². The average Bonchev–Trinajstić information content (AvgIpc) is 2.45. The van der Waals surface area contributed by atoms with Crippen molar-refractivity contribution >= 4 is 17.5 Å². The van der Waals surface area contributed by atoms with Crippen molar-refractivity contribution in [2.75, 3.05) is 27.2 Å². The highest BCUT2D eigenvalue weighted by molar-refractivity contribution is 6.32. The molecule has 0 spiro atoms. The van der Waals surface area contributed by atoms with E-state index in [2.05, 4.69) is 12.2 Å². The van der Waals surface area contributed by atoms with E-state index < -0.39 is 0 Å². The molecule has 4 nitrogen and oxygen atoms in total. The normalized spacial score (nSPS) is 10.5. The molecule has 0 unspecified atom stereocenters. The minimum Gasteiger partial charge on any atom is -0.492 e. The molecule has 1 rings (SSSR count). The van der Waals surface area contributed by atoms with E-state index >= 15 is 0 Å². The lowest BCUT2D eigenvalue weighted by Crippen LogP contribution is -2.21. The van der Waals surface area contributed by atoms with Crippen LogP contribution in [0.25, 0.3) is 0 Å². The molecule has 0 aliphatic carbocycles. The average molecular weight is 313 g/mol. The van der Waals surface area contributed by atoms with Gasteiger partial charge in [-0.1, -0.05) is 30.7 Å². The van der Waals surface area contributed by atoms with Gasteiger partial charge in [0.15, 0.2) is 0 Å². The number of rotatable bonds is 9. The predicted molar refractivity (Wildman–Crippen MR) is 86.9 cm³/mol. The Hall–Kier alpha value is -1.26. The number of hydrogen-bond acceptors (Lipinski definition) is 3. The molecule has 118 valence electrons. The van der Waals surface area contributed by atoms with Crippen molar-refractivity contribution in [2.24, 2.45) is 0 Å². The maximum atomic E-state index is 11.5. The van der Waals surface area contributed by atoms with Crippen LogP contribution in [0.5, 0.6) is 5.75 Å². The Kier molecular flexibility index (Phi) is 8.16. The summed E-state index contributed by atoms with van der Waals surface area (Å²) in [5.74, 6) is 0.836. The molecule has 0 saturated heterocycles. The Morgan fingerprint density at radius 2 is 2.14 bits per heavy atom. The van der Waals surface area contributed by atoms with E-state index in [1.54, 1.807) is 19.0 Å². The second-order valence-corrected chi connectivity index (χ2v) is 5.55. The fraction of sp³-hybridized carbons (Fsp3) is 0.562. The van der Waals surface area contributed by atoms with Crippen LogP contribution in [0, 0.1) is 0 Å². The standard InChI is InChI=1S/C16H25ClN2O2/c1-4-10-18-12-13-7-5-8-14(17)16(13)21-11-6-9-15(20)19(2)3/h5,7-8,18H,4,6,9-12H2,1-3H3. The van der Waals surface area contributed by atoms with Crippen molar-refractivity contribution in [3.05, 3.63) is 28.8 Å². The number of ether oxygens (including phenoxy) is 1. The molecule has 0 aliphatic heterocycles. The smallest absolute Gasteiger partial charge is 0.222 e. The molecule has 21 heavy (non-hydrogen) atoms. The Bertz CT molecular complexity index is 450. The first kappa shape index (κ1) is 17.8. The number of para-hydroxylation sites is 1. The quantitative estimate of drug-likeness (QED) is 0.712. The van der Waals surface area contributed by atoms with Crippen molar-refractivity contribution in [1.82, 2.24) is 10.2 Å². The maximum Gasteiger partial charge on any atom is 0.222 e. The number of carbonyl (C=O) groups excluding carboxylic acids is 1. The van der Waals surface area contributed by atoms with Gasteiger partial charge in [-0.15, -0.1) is 0 Å². The fourth-order valence-corrected chi connectivity index (χ4v) is 2.12. The lowest BCUT2D eigenvalue weighted by Gasteiger charge is -2.14. The molecule has 0 heterocycles. The second kappa shape index (κ2) is 9.64. The molecule has 0 atom stereocenters. The summed E-state index contributed by atoms with van der Waals surface area (Å²) in [5, 5.41) is 3.96. The first-order chi connectivity index (χ1) is 10.1. The number of nitrogens with zero attached hydrogens (tertiary/aromatic N) is 1. The highest BCUT2D eigenvalue weighted by Crippen LogP contribution is 2.28. The van der Waals surface area contributed by atoms with Crippen LogP contribution in [0.4, 0.5) is 0 Å². The van der Waals surface area contributed by atoms with Crippen LogP contribution in [0.2, 0.25) is 5.02 Å². The Labute approximate surface area is 132 Å². The lowest BCUT2D eigenvalue weighted by molar-refractivity contribution is -0.128. The molecule has 0 radical (unpaired) electrons. The second-order valence-electron chi connectivity index (χ2n) is 5.15. The zero-order valence-corrected chi connectivity index (χ0v) is 13.9. The zero-order chi connectivity index (χ0) is 15.7. The minimum atomic E-state index is 0.114. The molecule has 0 fully saturated rings. The fourth-order valence-electron chi connectivity index (χ4n) is 1.88. The van der Waals surface area contributed by atoms with Gasteiger partial charge in [-0.05, 0) is 25.5 Å². The van der Waals surface area contributed by atoms with Crippen LogP contribution < -0.4 is 10.1 Å². The van der Waals surface area contributed by atoms with Crippen LogP contribution in [0.15, 0.2) is 18.2 Å². The third-order valence-corrected chi connectivity index (χ3v) is 3.37. The molecular formula is C16H25ClN2O2. The largest absolute Gasteiger partial charge is 0.492 e. The van der Waals surface area contributed by atoms with E-state index in [1.807, 2.05) is 18.2 Å². The van der Waals surface area contributed by atoms with Crippen LogP contribution >= 0.6 is 11.6 Å². The molecule has 1 N–H and O–H groups in total.